The average Bonchev–Trinajstić information content (AvgIpc) is 2.89. The van der Waals surface area contributed by atoms with Crippen LogP contribution < -0.4 is 10.7 Å². The summed E-state index contributed by atoms with van der Waals surface area (Å²) in [5.41, 5.74) is 8.68. The number of nitrogens with one attached hydrogen (secondary N) is 2. The zero-order valence-electron chi connectivity index (χ0n) is 16.4. The molecule has 1 heterocycles. The van der Waals surface area contributed by atoms with Gasteiger partial charge >= 0.3 is 11.8 Å². The molecule has 0 unspecified atom stereocenters. The van der Waals surface area contributed by atoms with Gasteiger partial charge in [-0.2, -0.15) is 5.10 Å². The lowest BCUT2D eigenvalue weighted by atomic mass is 10.1. The highest BCUT2D eigenvalue weighted by atomic mass is 16.5. The molecule has 0 bridgehead atoms. The van der Waals surface area contributed by atoms with Crippen molar-refractivity contribution in [1.29, 1.82) is 0 Å². The molecular weight excluding hydrogens is 344 g/mol. The Morgan fingerprint density at radius 1 is 1.15 bits per heavy atom. The SMILES string of the molecule is COCCNC(=O)C(=O)N/N=C\c1cc(C)n(-c2ccc(C)cc2C)c1C. The number of methoxy groups -OCH3 is 1. The first-order valence-corrected chi connectivity index (χ1v) is 8.72. The summed E-state index contributed by atoms with van der Waals surface area (Å²) in [6.07, 6.45) is 1.54. The maximum atomic E-state index is 11.7. The summed E-state index contributed by atoms with van der Waals surface area (Å²) in [6, 6.07) is 8.31. The quantitative estimate of drug-likeness (QED) is 0.353. The van der Waals surface area contributed by atoms with E-state index < -0.39 is 11.8 Å². The van der Waals surface area contributed by atoms with E-state index in [4.69, 9.17) is 4.74 Å². The number of aromatic nitrogens is 1. The van der Waals surface area contributed by atoms with Crippen LogP contribution in [0.15, 0.2) is 29.4 Å². The molecule has 7 heteroatoms. The molecule has 0 aliphatic rings. The smallest absolute Gasteiger partial charge is 0.329 e. The Kier molecular flexibility index (Phi) is 6.90. The highest BCUT2D eigenvalue weighted by Crippen LogP contribution is 2.23. The van der Waals surface area contributed by atoms with Crippen LogP contribution in [0.5, 0.6) is 0 Å². The number of benzene rings is 1. The Morgan fingerprint density at radius 3 is 2.56 bits per heavy atom. The third-order valence-electron chi connectivity index (χ3n) is 4.23. The summed E-state index contributed by atoms with van der Waals surface area (Å²) < 4.78 is 6.96. The monoisotopic (exact) mass is 370 g/mol. The van der Waals surface area contributed by atoms with Crippen LogP contribution in [0.2, 0.25) is 0 Å². The molecule has 2 N–H and O–H groups in total. The number of aryl methyl sites for hydroxylation is 3. The van der Waals surface area contributed by atoms with E-state index in [0.29, 0.717) is 6.61 Å². The predicted molar refractivity (Wildman–Crippen MR) is 105 cm³/mol. The Labute approximate surface area is 159 Å². The van der Waals surface area contributed by atoms with Gasteiger partial charge in [0.1, 0.15) is 0 Å². The van der Waals surface area contributed by atoms with Crippen molar-refractivity contribution in [2.75, 3.05) is 20.3 Å². The van der Waals surface area contributed by atoms with Gasteiger partial charge in [-0.25, -0.2) is 5.43 Å². The maximum absolute atomic E-state index is 11.7. The predicted octanol–water partition coefficient (Wildman–Crippen LogP) is 1.92. The first-order valence-electron chi connectivity index (χ1n) is 8.72. The van der Waals surface area contributed by atoms with Gasteiger partial charge in [-0.3, -0.25) is 9.59 Å². The van der Waals surface area contributed by atoms with Crippen molar-refractivity contribution in [3.8, 4) is 5.69 Å². The molecule has 0 saturated carbocycles. The van der Waals surface area contributed by atoms with Crippen LogP contribution in [-0.4, -0.2) is 42.9 Å². The fourth-order valence-corrected chi connectivity index (χ4v) is 2.90. The van der Waals surface area contributed by atoms with Crippen LogP contribution in [0.3, 0.4) is 0 Å². The topological polar surface area (TPSA) is 84.7 Å². The van der Waals surface area contributed by atoms with Crippen molar-refractivity contribution < 1.29 is 14.3 Å². The van der Waals surface area contributed by atoms with Gasteiger partial charge in [0.15, 0.2) is 0 Å². The molecule has 2 amide bonds. The summed E-state index contributed by atoms with van der Waals surface area (Å²) in [4.78, 5) is 23.3. The van der Waals surface area contributed by atoms with Crippen LogP contribution in [0.1, 0.15) is 28.1 Å². The van der Waals surface area contributed by atoms with E-state index in [2.05, 4.69) is 52.5 Å². The van der Waals surface area contributed by atoms with Crippen LogP contribution in [0.4, 0.5) is 0 Å². The van der Waals surface area contributed by atoms with Crippen molar-refractivity contribution >= 4 is 18.0 Å². The molecule has 1 aromatic carbocycles. The molecule has 1 aromatic heterocycles. The minimum Gasteiger partial charge on any atom is -0.383 e. The molecular formula is C20H26N4O3. The van der Waals surface area contributed by atoms with Crippen molar-refractivity contribution in [2.24, 2.45) is 5.10 Å². The van der Waals surface area contributed by atoms with E-state index >= 15 is 0 Å². The number of carbonyl (C=O) groups excluding carboxylic acids is 2. The van der Waals surface area contributed by atoms with Gasteiger partial charge in [0.25, 0.3) is 0 Å². The van der Waals surface area contributed by atoms with Gasteiger partial charge in [-0.15, -0.1) is 0 Å². The van der Waals surface area contributed by atoms with Gasteiger partial charge in [-0.05, 0) is 45.4 Å². The first kappa shape index (κ1) is 20.4. The number of nitrogens with zero attached hydrogens (tertiary/aromatic N) is 2. The highest BCUT2D eigenvalue weighted by molar-refractivity contribution is 6.35. The number of hydrazone groups is 1. The van der Waals surface area contributed by atoms with Crippen LogP contribution in [0.25, 0.3) is 5.69 Å². The number of hydrogen-bond acceptors (Lipinski definition) is 4. The van der Waals surface area contributed by atoms with Crippen LogP contribution >= 0.6 is 0 Å². The second kappa shape index (κ2) is 9.14. The molecule has 7 nitrogen and oxygen atoms in total. The fourth-order valence-electron chi connectivity index (χ4n) is 2.90. The Bertz CT molecular complexity index is 868. The number of carbonyl (C=O) groups is 2. The molecule has 0 fully saturated rings. The van der Waals surface area contributed by atoms with Gasteiger partial charge in [0.05, 0.1) is 12.8 Å². The van der Waals surface area contributed by atoms with Crippen molar-refractivity contribution in [3.05, 3.63) is 52.3 Å². The number of ether oxygens (including phenoxy) is 1. The third-order valence-corrected chi connectivity index (χ3v) is 4.23. The Hall–Kier alpha value is -2.93. The summed E-state index contributed by atoms with van der Waals surface area (Å²) in [6.45, 7) is 8.77. The van der Waals surface area contributed by atoms with Crippen LogP contribution in [-0.2, 0) is 14.3 Å². The second-order valence-corrected chi connectivity index (χ2v) is 6.40. The third kappa shape index (κ3) is 5.04. The lowest BCUT2D eigenvalue weighted by Crippen LogP contribution is -2.39. The fraction of sp³-hybridized carbons (Fsp3) is 0.350. The van der Waals surface area contributed by atoms with Gasteiger partial charge < -0.3 is 14.6 Å². The number of rotatable bonds is 6. The van der Waals surface area contributed by atoms with Crippen molar-refractivity contribution in [1.82, 2.24) is 15.3 Å². The Balaban J connectivity index is 2.11. The maximum Gasteiger partial charge on any atom is 0.329 e. The van der Waals surface area contributed by atoms with E-state index in [1.165, 1.54) is 18.2 Å². The Morgan fingerprint density at radius 2 is 1.89 bits per heavy atom. The van der Waals surface area contributed by atoms with Gasteiger partial charge in [0.2, 0.25) is 0 Å². The molecule has 0 saturated heterocycles. The highest BCUT2D eigenvalue weighted by Gasteiger charge is 2.13. The lowest BCUT2D eigenvalue weighted by Gasteiger charge is -2.13. The zero-order chi connectivity index (χ0) is 20.0. The van der Waals surface area contributed by atoms with E-state index in [1.807, 2.05) is 19.9 Å². The molecule has 27 heavy (non-hydrogen) atoms. The van der Waals surface area contributed by atoms with Gasteiger partial charge in [-0.1, -0.05) is 17.7 Å². The number of hydrogen-bond donors (Lipinski definition) is 2. The van der Waals surface area contributed by atoms with E-state index in [9.17, 15) is 9.59 Å². The normalized spacial score (nSPS) is 11.0. The second-order valence-electron chi connectivity index (χ2n) is 6.40. The molecule has 0 aliphatic carbocycles. The lowest BCUT2D eigenvalue weighted by molar-refractivity contribution is -0.139. The summed E-state index contributed by atoms with van der Waals surface area (Å²) >= 11 is 0. The van der Waals surface area contributed by atoms with Gasteiger partial charge in [0, 0.05) is 36.3 Å². The van der Waals surface area contributed by atoms with Crippen LogP contribution in [0, 0.1) is 27.7 Å². The molecule has 0 spiro atoms. The molecule has 2 rings (SSSR count). The molecule has 0 aliphatic heterocycles. The summed E-state index contributed by atoms with van der Waals surface area (Å²) in [5.74, 6) is -1.56. The first-order chi connectivity index (χ1) is 12.8. The zero-order valence-corrected chi connectivity index (χ0v) is 16.4. The largest absolute Gasteiger partial charge is 0.383 e. The standard InChI is InChI=1S/C20H26N4O3/c1-13-6-7-18(14(2)10-13)24-15(3)11-17(16(24)4)12-22-23-20(26)19(25)21-8-9-27-5/h6-7,10-12H,8-9H2,1-5H3,(H,21,25)(H,23,26)/b22-12-. The molecule has 0 atom stereocenters. The average molecular weight is 370 g/mol. The van der Waals surface area contributed by atoms with E-state index in [-0.39, 0.29) is 6.54 Å². The summed E-state index contributed by atoms with van der Waals surface area (Å²) in [5, 5.41) is 6.34. The molecule has 0 radical (unpaired) electrons. The molecule has 144 valence electrons. The van der Waals surface area contributed by atoms with Crippen molar-refractivity contribution in [3.63, 3.8) is 0 Å². The van der Waals surface area contributed by atoms with Crippen molar-refractivity contribution in [2.45, 2.75) is 27.7 Å². The number of amides is 2. The molecule has 2 aromatic rings. The van der Waals surface area contributed by atoms with E-state index in [0.717, 1.165) is 22.6 Å². The minimum absolute atomic E-state index is 0.267. The summed E-state index contributed by atoms with van der Waals surface area (Å²) in [7, 11) is 1.52. The minimum atomic E-state index is -0.814. The van der Waals surface area contributed by atoms with E-state index in [1.54, 1.807) is 6.21 Å².